The molecule has 1 aliphatic rings. The minimum absolute atomic E-state index is 0.154. The number of pyridine rings is 1. The van der Waals surface area contributed by atoms with Crippen LogP contribution in [0.2, 0.25) is 5.02 Å². The molecule has 23 heavy (non-hydrogen) atoms. The predicted octanol–water partition coefficient (Wildman–Crippen LogP) is 3.06. The Morgan fingerprint density at radius 3 is 2.78 bits per heavy atom. The summed E-state index contributed by atoms with van der Waals surface area (Å²) < 4.78 is 26.4. The Bertz CT molecular complexity index is 799. The SMILES string of the molecule is CC1(c2ccc(F)c(F)c2)CC1NC(=O)c1cnc(N)c(Cl)c1. The molecule has 0 bridgehead atoms. The quantitative estimate of drug-likeness (QED) is 0.904. The van der Waals surface area contributed by atoms with Gasteiger partial charge >= 0.3 is 0 Å². The number of nitrogens with two attached hydrogens (primary N) is 1. The fourth-order valence-corrected chi connectivity index (χ4v) is 2.73. The van der Waals surface area contributed by atoms with Crippen LogP contribution in [0.25, 0.3) is 0 Å². The van der Waals surface area contributed by atoms with Crippen molar-refractivity contribution < 1.29 is 13.6 Å². The number of anilines is 1. The third-order valence-electron chi connectivity index (χ3n) is 4.25. The van der Waals surface area contributed by atoms with E-state index in [0.29, 0.717) is 17.5 Å². The average molecular weight is 338 g/mol. The monoisotopic (exact) mass is 337 g/mol. The Kier molecular flexibility index (Phi) is 3.72. The summed E-state index contributed by atoms with van der Waals surface area (Å²) in [5.41, 5.74) is 6.03. The molecular formula is C16H14ClF2N3O. The lowest BCUT2D eigenvalue weighted by Crippen LogP contribution is -2.30. The van der Waals surface area contributed by atoms with E-state index < -0.39 is 17.0 Å². The first-order valence-electron chi connectivity index (χ1n) is 6.98. The van der Waals surface area contributed by atoms with Crippen LogP contribution in [0.1, 0.15) is 29.3 Å². The van der Waals surface area contributed by atoms with Crippen molar-refractivity contribution in [2.24, 2.45) is 0 Å². The molecule has 1 amide bonds. The van der Waals surface area contributed by atoms with Crippen molar-refractivity contribution in [3.63, 3.8) is 0 Å². The second kappa shape index (κ2) is 5.45. The van der Waals surface area contributed by atoms with Gasteiger partial charge < -0.3 is 11.1 Å². The van der Waals surface area contributed by atoms with Crippen LogP contribution in [-0.4, -0.2) is 16.9 Å². The number of halogens is 3. The summed E-state index contributed by atoms with van der Waals surface area (Å²) in [5, 5.41) is 3.05. The number of hydrogen-bond acceptors (Lipinski definition) is 3. The Labute approximate surface area is 136 Å². The standard InChI is InChI=1S/C16H14ClF2N3O/c1-16(9-2-3-11(18)12(19)5-9)6-13(16)22-15(23)8-4-10(17)14(20)21-7-8/h2-5,7,13H,6H2,1H3,(H2,20,21)(H,22,23). The van der Waals surface area contributed by atoms with Crippen LogP contribution in [0.5, 0.6) is 0 Å². The number of nitrogens with one attached hydrogen (secondary N) is 1. The molecule has 1 aliphatic carbocycles. The van der Waals surface area contributed by atoms with Gasteiger partial charge in [-0.25, -0.2) is 13.8 Å². The molecule has 2 unspecified atom stereocenters. The van der Waals surface area contributed by atoms with E-state index in [0.717, 1.165) is 6.07 Å². The fourth-order valence-electron chi connectivity index (χ4n) is 2.56. The van der Waals surface area contributed by atoms with Gasteiger partial charge in [0, 0.05) is 17.7 Å². The Hall–Kier alpha value is -2.21. The molecule has 2 aromatic rings. The molecule has 3 rings (SSSR count). The van der Waals surface area contributed by atoms with Gasteiger partial charge in [-0.05, 0) is 30.2 Å². The molecule has 3 N–H and O–H groups in total. The fraction of sp³-hybridized carbons (Fsp3) is 0.250. The number of carbonyl (C=O) groups excluding carboxylic acids is 1. The molecule has 120 valence electrons. The lowest BCUT2D eigenvalue weighted by Gasteiger charge is -2.13. The molecule has 1 saturated carbocycles. The molecule has 0 saturated heterocycles. The highest BCUT2D eigenvalue weighted by atomic mass is 35.5. The van der Waals surface area contributed by atoms with Gasteiger partial charge in [-0.3, -0.25) is 4.79 Å². The average Bonchev–Trinajstić information content (AvgIpc) is 3.16. The lowest BCUT2D eigenvalue weighted by molar-refractivity contribution is 0.0948. The molecule has 1 fully saturated rings. The molecule has 4 nitrogen and oxygen atoms in total. The van der Waals surface area contributed by atoms with Gasteiger partial charge in [0.15, 0.2) is 11.6 Å². The number of amides is 1. The summed E-state index contributed by atoms with van der Waals surface area (Å²) in [5.74, 6) is -1.96. The first-order chi connectivity index (χ1) is 10.8. The van der Waals surface area contributed by atoms with Crippen LogP contribution in [0.3, 0.4) is 0 Å². The van der Waals surface area contributed by atoms with Crippen LogP contribution in [0.15, 0.2) is 30.5 Å². The number of hydrogen-bond donors (Lipinski definition) is 2. The van der Waals surface area contributed by atoms with Gasteiger partial charge in [-0.15, -0.1) is 0 Å². The maximum Gasteiger partial charge on any atom is 0.253 e. The van der Waals surface area contributed by atoms with Crippen molar-refractivity contribution in [1.82, 2.24) is 10.3 Å². The maximum atomic E-state index is 13.4. The first kappa shape index (κ1) is 15.7. The van der Waals surface area contributed by atoms with Crippen LogP contribution in [0, 0.1) is 11.6 Å². The summed E-state index contributed by atoms with van der Waals surface area (Å²) in [6, 6.07) is 5.07. The summed E-state index contributed by atoms with van der Waals surface area (Å²) in [6.45, 7) is 1.89. The number of benzene rings is 1. The van der Waals surface area contributed by atoms with Crippen LogP contribution >= 0.6 is 11.6 Å². The highest BCUT2D eigenvalue weighted by Crippen LogP contribution is 2.48. The summed E-state index contributed by atoms with van der Waals surface area (Å²) in [4.78, 5) is 16.1. The highest BCUT2D eigenvalue weighted by Gasteiger charge is 2.52. The van der Waals surface area contributed by atoms with Crippen molar-refractivity contribution in [3.05, 3.63) is 58.2 Å². The zero-order valence-electron chi connectivity index (χ0n) is 12.2. The zero-order valence-corrected chi connectivity index (χ0v) is 13.0. The van der Waals surface area contributed by atoms with Gasteiger partial charge in [0.05, 0.1) is 10.6 Å². The maximum absolute atomic E-state index is 13.4. The molecule has 0 radical (unpaired) electrons. The van der Waals surface area contributed by atoms with E-state index in [2.05, 4.69) is 10.3 Å². The number of rotatable bonds is 3. The predicted molar refractivity (Wildman–Crippen MR) is 83.2 cm³/mol. The highest BCUT2D eigenvalue weighted by molar-refractivity contribution is 6.33. The molecule has 2 atom stereocenters. The van der Waals surface area contributed by atoms with Crippen molar-refractivity contribution >= 4 is 23.3 Å². The third kappa shape index (κ3) is 2.86. The van der Waals surface area contributed by atoms with Gasteiger partial charge in [0.25, 0.3) is 5.91 Å². The molecule has 7 heteroatoms. The summed E-state index contributed by atoms with van der Waals surface area (Å²) >= 11 is 5.85. The van der Waals surface area contributed by atoms with E-state index in [1.54, 1.807) is 0 Å². The van der Waals surface area contributed by atoms with E-state index in [1.165, 1.54) is 24.4 Å². The minimum Gasteiger partial charge on any atom is -0.382 e. The van der Waals surface area contributed by atoms with E-state index in [9.17, 15) is 13.6 Å². The lowest BCUT2D eigenvalue weighted by atomic mass is 9.97. The molecule has 1 aromatic carbocycles. The molecule has 0 aliphatic heterocycles. The Morgan fingerprint density at radius 2 is 2.13 bits per heavy atom. The van der Waals surface area contributed by atoms with Crippen molar-refractivity contribution in [2.75, 3.05) is 5.73 Å². The largest absolute Gasteiger partial charge is 0.382 e. The van der Waals surface area contributed by atoms with Gasteiger partial charge in [0.2, 0.25) is 0 Å². The summed E-state index contributed by atoms with van der Waals surface area (Å²) in [6.07, 6.45) is 1.98. The Balaban J connectivity index is 1.73. The van der Waals surface area contributed by atoms with Gasteiger partial charge in [-0.2, -0.15) is 0 Å². The second-order valence-corrected chi connectivity index (χ2v) is 6.27. The number of carbonyl (C=O) groups is 1. The van der Waals surface area contributed by atoms with Gasteiger partial charge in [-0.1, -0.05) is 24.6 Å². The minimum atomic E-state index is -0.893. The topological polar surface area (TPSA) is 68.0 Å². The molecule has 1 aromatic heterocycles. The van der Waals surface area contributed by atoms with Crippen LogP contribution in [0.4, 0.5) is 14.6 Å². The number of nitrogens with zero attached hydrogens (tertiary/aromatic N) is 1. The second-order valence-electron chi connectivity index (χ2n) is 5.87. The first-order valence-corrected chi connectivity index (χ1v) is 7.36. The molecule has 0 spiro atoms. The van der Waals surface area contributed by atoms with E-state index in [-0.39, 0.29) is 22.8 Å². The van der Waals surface area contributed by atoms with Crippen molar-refractivity contribution in [2.45, 2.75) is 24.8 Å². The summed E-state index contributed by atoms with van der Waals surface area (Å²) in [7, 11) is 0. The zero-order chi connectivity index (χ0) is 16.8. The van der Waals surface area contributed by atoms with Crippen molar-refractivity contribution in [1.29, 1.82) is 0 Å². The van der Waals surface area contributed by atoms with E-state index >= 15 is 0 Å². The van der Waals surface area contributed by atoms with Crippen LogP contribution < -0.4 is 11.1 Å². The van der Waals surface area contributed by atoms with E-state index in [4.69, 9.17) is 17.3 Å². The van der Waals surface area contributed by atoms with Crippen molar-refractivity contribution in [3.8, 4) is 0 Å². The van der Waals surface area contributed by atoms with Gasteiger partial charge in [0.1, 0.15) is 5.82 Å². The third-order valence-corrected chi connectivity index (χ3v) is 4.56. The smallest absolute Gasteiger partial charge is 0.253 e. The number of aromatic nitrogens is 1. The van der Waals surface area contributed by atoms with Crippen LogP contribution in [-0.2, 0) is 5.41 Å². The van der Waals surface area contributed by atoms with E-state index in [1.807, 2.05) is 6.92 Å². The number of nitrogen functional groups attached to an aromatic ring is 1. The molecular weight excluding hydrogens is 324 g/mol. The Morgan fingerprint density at radius 1 is 1.39 bits per heavy atom. The molecule has 1 heterocycles. The normalized spacial score (nSPS) is 22.7.